The van der Waals surface area contributed by atoms with Gasteiger partial charge < -0.3 is 4.74 Å². The molecule has 2 fully saturated rings. The van der Waals surface area contributed by atoms with Crippen molar-refractivity contribution in [3.8, 4) is 0 Å². The third-order valence-corrected chi connectivity index (χ3v) is 5.66. The van der Waals surface area contributed by atoms with Gasteiger partial charge in [0.15, 0.2) is 0 Å². The van der Waals surface area contributed by atoms with E-state index in [0.717, 1.165) is 17.0 Å². The molecule has 0 aromatic heterocycles. The minimum atomic E-state index is 0.262. The monoisotopic (exact) mass is 298 g/mol. The van der Waals surface area contributed by atoms with E-state index in [4.69, 9.17) is 27.9 Å². The first-order valence-corrected chi connectivity index (χ1v) is 8.02. The summed E-state index contributed by atoms with van der Waals surface area (Å²) in [5.41, 5.74) is 1.41. The fraction of sp³-hybridized carbons (Fsp3) is 0.625. The van der Waals surface area contributed by atoms with Crippen LogP contribution in [0.4, 0.5) is 0 Å². The van der Waals surface area contributed by atoms with Gasteiger partial charge in [-0.05, 0) is 37.0 Å². The average molecular weight is 299 g/mol. The zero-order valence-electron chi connectivity index (χ0n) is 11.1. The summed E-state index contributed by atoms with van der Waals surface area (Å²) in [6, 6.07) is 7.91. The van der Waals surface area contributed by atoms with Gasteiger partial charge in [0, 0.05) is 15.8 Å². The van der Waals surface area contributed by atoms with Crippen molar-refractivity contribution < 1.29 is 4.74 Å². The second-order valence-electron chi connectivity index (χ2n) is 5.93. The van der Waals surface area contributed by atoms with Crippen LogP contribution in [0.5, 0.6) is 0 Å². The summed E-state index contributed by atoms with van der Waals surface area (Å²) in [7, 11) is 0. The topological polar surface area (TPSA) is 9.23 Å². The molecule has 2 aliphatic rings. The van der Waals surface area contributed by atoms with Gasteiger partial charge in [-0.25, -0.2) is 0 Å². The van der Waals surface area contributed by atoms with Gasteiger partial charge in [0.2, 0.25) is 0 Å². The van der Waals surface area contributed by atoms with E-state index in [9.17, 15) is 0 Å². The molecule has 0 saturated heterocycles. The van der Waals surface area contributed by atoms with Crippen molar-refractivity contribution in [1.29, 1.82) is 0 Å². The first-order chi connectivity index (χ1) is 9.21. The highest BCUT2D eigenvalue weighted by Crippen LogP contribution is 2.55. The van der Waals surface area contributed by atoms with Crippen molar-refractivity contribution in [1.82, 2.24) is 0 Å². The molecule has 19 heavy (non-hydrogen) atoms. The largest absolute Gasteiger partial charge is 0.373 e. The zero-order chi connectivity index (χ0) is 13.3. The van der Waals surface area contributed by atoms with Gasteiger partial charge in [-0.15, -0.1) is 11.6 Å². The van der Waals surface area contributed by atoms with Gasteiger partial charge in [0.1, 0.15) is 0 Å². The second kappa shape index (κ2) is 5.63. The summed E-state index contributed by atoms with van der Waals surface area (Å²) in [5.74, 6) is 0. The van der Waals surface area contributed by atoms with Crippen LogP contribution in [0.1, 0.15) is 44.1 Å². The molecule has 2 unspecified atom stereocenters. The zero-order valence-corrected chi connectivity index (χ0v) is 12.6. The molecule has 0 bridgehead atoms. The lowest BCUT2D eigenvalue weighted by atomic mass is 9.58. The summed E-state index contributed by atoms with van der Waals surface area (Å²) in [6.45, 7) is 0.649. The predicted octanol–water partition coefficient (Wildman–Crippen LogP) is 5.19. The lowest BCUT2D eigenvalue weighted by Crippen LogP contribution is -2.56. The lowest BCUT2D eigenvalue weighted by Gasteiger charge is -2.55. The van der Waals surface area contributed by atoms with E-state index in [2.05, 4.69) is 6.07 Å². The normalized spacial score (nSPS) is 29.2. The molecule has 0 aliphatic heterocycles. The second-order valence-corrected chi connectivity index (χ2v) is 6.89. The van der Waals surface area contributed by atoms with Gasteiger partial charge in [0.05, 0.1) is 12.7 Å². The Bertz CT molecular complexity index is 440. The van der Waals surface area contributed by atoms with Crippen LogP contribution >= 0.6 is 23.2 Å². The van der Waals surface area contributed by atoms with Crippen LogP contribution in [0.15, 0.2) is 24.3 Å². The fourth-order valence-corrected chi connectivity index (χ4v) is 4.33. The Kier molecular flexibility index (Phi) is 4.07. The van der Waals surface area contributed by atoms with Gasteiger partial charge in [0.25, 0.3) is 0 Å². The van der Waals surface area contributed by atoms with Crippen molar-refractivity contribution in [3.05, 3.63) is 34.9 Å². The van der Waals surface area contributed by atoms with Crippen molar-refractivity contribution in [3.63, 3.8) is 0 Å². The van der Waals surface area contributed by atoms with Crippen molar-refractivity contribution >= 4 is 23.2 Å². The number of rotatable bonds is 3. The fourth-order valence-electron chi connectivity index (χ4n) is 3.60. The maximum absolute atomic E-state index is 6.49. The summed E-state index contributed by atoms with van der Waals surface area (Å²) >= 11 is 12.5. The molecule has 3 heteroatoms. The van der Waals surface area contributed by atoms with Crippen molar-refractivity contribution in [2.75, 3.05) is 0 Å². The molecule has 3 rings (SSSR count). The number of alkyl halides is 1. The number of halogens is 2. The van der Waals surface area contributed by atoms with Crippen LogP contribution in [-0.4, -0.2) is 11.5 Å². The maximum Gasteiger partial charge on any atom is 0.0721 e. The van der Waals surface area contributed by atoms with Gasteiger partial charge in [-0.1, -0.05) is 43.0 Å². The van der Waals surface area contributed by atoms with Gasteiger partial charge in [-0.3, -0.25) is 0 Å². The van der Waals surface area contributed by atoms with E-state index >= 15 is 0 Å². The predicted molar refractivity (Wildman–Crippen MR) is 79.8 cm³/mol. The Hall–Kier alpha value is -0.240. The third-order valence-electron chi connectivity index (χ3n) is 4.81. The van der Waals surface area contributed by atoms with E-state index < -0.39 is 0 Å². The van der Waals surface area contributed by atoms with E-state index in [0.29, 0.717) is 18.1 Å². The Morgan fingerprint density at radius 3 is 2.68 bits per heavy atom. The molecule has 2 saturated carbocycles. The Labute approximate surface area is 125 Å². The molecule has 0 amide bonds. The number of benzene rings is 1. The molecule has 1 aromatic carbocycles. The van der Waals surface area contributed by atoms with Gasteiger partial charge >= 0.3 is 0 Å². The highest BCUT2D eigenvalue weighted by molar-refractivity contribution is 6.30. The number of hydrogen-bond donors (Lipinski definition) is 0. The minimum absolute atomic E-state index is 0.262. The highest BCUT2D eigenvalue weighted by atomic mass is 35.5. The summed E-state index contributed by atoms with van der Waals surface area (Å²) in [5, 5.41) is 1.09. The number of ether oxygens (including phenoxy) is 1. The Balaban J connectivity index is 1.61. The molecule has 2 aliphatic carbocycles. The van der Waals surface area contributed by atoms with Crippen molar-refractivity contribution in [2.24, 2.45) is 5.41 Å². The molecule has 2 atom stereocenters. The first-order valence-electron chi connectivity index (χ1n) is 7.21. The minimum Gasteiger partial charge on any atom is -0.373 e. The maximum atomic E-state index is 6.49. The highest BCUT2D eigenvalue weighted by Gasteiger charge is 2.54. The van der Waals surface area contributed by atoms with Crippen molar-refractivity contribution in [2.45, 2.75) is 56.6 Å². The summed E-state index contributed by atoms with van der Waals surface area (Å²) < 4.78 is 6.14. The first kappa shape index (κ1) is 13.7. The third kappa shape index (κ3) is 2.66. The molecular formula is C16H20Cl2O. The molecule has 0 radical (unpaired) electrons. The quantitative estimate of drug-likeness (QED) is 0.698. The standard InChI is InChI=1S/C16H20Cl2O/c17-13-6-4-5-12(9-13)11-19-15-10-14(18)16(15)7-2-1-3-8-16/h4-6,9,14-15H,1-3,7-8,10-11H2. The van der Waals surface area contributed by atoms with Crippen LogP contribution in [0.3, 0.4) is 0 Å². The molecule has 1 aromatic rings. The average Bonchev–Trinajstić information content (AvgIpc) is 2.44. The van der Waals surface area contributed by atoms with Crippen LogP contribution < -0.4 is 0 Å². The smallest absolute Gasteiger partial charge is 0.0721 e. The Morgan fingerprint density at radius 2 is 2.00 bits per heavy atom. The molecule has 0 heterocycles. The molecule has 0 N–H and O–H groups in total. The van der Waals surface area contributed by atoms with Gasteiger partial charge in [-0.2, -0.15) is 0 Å². The van der Waals surface area contributed by atoms with E-state index in [1.165, 1.54) is 32.1 Å². The molecule has 1 spiro atoms. The van der Waals surface area contributed by atoms with Crippen LogP contribution in [0.25, 0.3) is 0 Å². The summed E-state index contributed by atoms with van der Waals surface area (Å²) in [6.07, 6.45) is 7.78. The Morgan fingerprint density at radius 1 is 1.21 bits per heavy atom. The van der Waals surface area contributed by atoms with Crippen LogP contribution in [0.2, 0.25) is 5.02 Å². The van der Waals surface area contributed by atoms with Crippen LogP contribution in [0, 0.1) is 5.41 Å². The molecule has 1 nitrogen and oxygen atoms in total. The summed E-state index contributed by atoms with van der Waals surface area (Å²) in [4.78, 5) is 0. The molecule has 104 valence electrons. The molecular weight excluding hydrogens is 279 g/mol. The van der Waals surface area contributed by atoms with Crippen LogP contribution in [-0.2, 0) is 11.3 Å². The number of hydrogen-bond acceptors (Lipinski definition) is 1. The SMILES string of the molecule is Clc1cccc(COC2CC(Cl)C23CCCCC3)c1. The van der Waals surface area contributed by atoms with E-state index in [-0.39, 0.29) is 5.41 Å². The van der Waals surface area contributed by atoms with E-state index in [1.807, 2.05) is 18.2 Å². The lowest BCUT2D eigenvalue weighted by molar-refractivity contribution is -0.131. The van der Waals surface area contributed by atoms with E-state index in [1.54, 1.807) is 0 Å².